The van der Waals surface area contributed by atoms with Crippen LogP contribution in [0.5, 0.6) is 0 Å². The molecule has 1 unspecified atom stereocenters. The molecular weight excluding hydrogens is 420 g/mol. The maximum Gasteiger partial charge on any atom is 0.407 e. The maximum atomic E-state index is 12.7. The summed E-state index contributed by atoms with van der Waals surface area (Å²) in [6, 6.07) is 15.5. The first-order valence-electron chi connectivity index (χ1n) is 11.3. The summed E-state index contributed by atoms with van der Waals surface area (Å²) < 4.78 is 5.61. The number of alkyl carbamates (subject to hydrolysis) is 1. The number of hydrogen-bond acceptors (Lipinski definition) is 4. The Kier molecular flexibility index (Phi) is 7.74. The van der Waals surface area contributed by atoms with Gasteiger partial charge in [0.15, 0.2) is 0 Å². The summed E-state index contributed by atoms with van der Waals surface area (Å²) in [7, 11) is 0. The lowest BCUT2D eigenvalue weighted by Gasteiger charge is -2.29. The Labute approximate surface area is 194 Å². The molecule has 2 N–H and O–H groups in total. The third-order valence-electron chi connectivity index (χ3n) is 6.10. The van der Waals surface area contributed by atoms with Crippen molar-refractivity contribution in [3.05, 3.63) is 59.7 Å². The second kappa shape index (κ2) is 10.5. The quantitative estimate of drug-likeness (QED) is 0.593. The van der Waals surface area contributed by atoms with Gasteiger partial charge in [0.25, 0.3) is 0 Å². The highest BCUT2D eigenvalue weighted by atomic mass is 16.5. The Morgan fingerprint density at radius 2 is 1.52 bits per heavy atom. The monoisotopic (exact) mass is 452 g/mol. The minimum atomic E-state index is -1.07. The molecule has 2 aromatic carbocycles. The zero-order chi connectivity index (χ0) is 24.1. The summed E-state index contributed by atoms with van der Waals surface area (Å²) in [6.07, 6.45) is -0.578. The number of nitrogens with zero attached hydrogens (tertiary/aromatic N) is 1. The van der Waals surface area contributed by atoms with E-state index in [1.165, 1.54) is 4.90 Å². The summed E-state index contributed by atoms with van der Waals surface area (Å²) in [5.74, 6) is -1.46. The van der Waals surface area contributed by atoms with Gasteiger partial charge in [-0.3, -0.25) is 9.59 Å². The van der Waals surface area contributed by atoms with Crippen LogP contribution in [0, 0.1) is 5.92 Å². The molecule has 7 nitrogen and oxygen atoms in total. The lowest BCUT2D eigenvalue weighted by Crippen LogP contribution is -2.46. The van der Waals surface area contributed by atoms with Crippen LogP contribution in [0.3, 0.4) is 0 Å². The Bertz CT molecular complexity index is 972. The van der Waals surface area contributed by atoms with E-state index in [0.29, 0.717) is 0 Å². The van der Waals surface area contributed by atoms with Crippen molar-refractivity contribution >= 4 is 18.0 Å². The van der Waals surface area contributed by atoms with E-state index in [-0.39, 0.29) is 43.4 Å². The van der Waals surface area contributed by atoms with Gasteiger partial charge in [-0.15, -0.1) is 0 Å². The Balaban J connectivity index is 1.64. The number of rotatable bonds is 9. The molecule has 1 atom stereocenters. The van der Waals surface area contributed by atoms with Crippen LogP contribution in [-0.2, 0) is 14.3 Å². The molecule has 0 aliphatic heterocycles. The number of carbonyl (C=O) groups excluding carboxylic acids is 2. The minimum absolute atomic E-state index is 0.00726. The zero-order valence-electron chi connectivity index (χ0n) is 19.6. The Hall–Kier alpha value is -3.35. The van der Waals surface area contributed by atoms with Crippen LogP contribution in [0.25, 0.3) is 11.1 Å². The summed E-state index contributed by atoms with van der Waals surface area (Å²) in [5.41, 5.74) is 4.56. The van der Waals surface area contributed by atoms with Crippen molar-refractivity contribution in [3.8, 4) is 11.1 Å². The first-order chi connectivity index (χ1) is 15.7. The van der Waals surface area contributed by atoms with E-state index >= 15 is 0 Å². The maximum absolute atomic E-state index is 12.7. The number of fused-ring (bicyclic) bond motifs is 3. The predicted molar refractivity (Wildman–Crippen MR) is 126 cm³/mol. The highest BCUT2D eigenvalue weighted by molar-refractivity contribution is 5.82. The van der Waals surface area contributed by atoms with E-state index in [4.69, 9.17) is 9.84 Å². The second-order valence-electron chi connectivity index (χ2n) is 9.03. The fourth-order valence-corrected chi connectivity index (χ4v) is 4.25. The fraction of sp³-hybridized carbons (Fsp3) is 0.423. The highest BCUT2D eigenvalue weighted by Gasteiger charge is 2.30. The Morgan fingerprint density at radius 1 is 0.970 bits per heavy atom. The number of ether oxygens (including phenoxy) is 1. The van der Waals surface area contributed by atoms with Crippen molar-refractivity contribution in [1.82, 2.24) is 10.2 Å². The van der Waals surface area contributed by atoms with E-state index < -0.39 is 18.1 Å². The van der Waals surface area contributed by atoms with Gasteiger partial charge in [0.05, 0.1) is 0 Å². The van der Waals surface area contributed by atoms with Crippen molar-refractivity contribution < 1.29 is 24.2 Å². The van der Waals surface area contributed by atoms with Crippen LogP contribution < -0.4 is 5.32 Å². The van der Waals surface area contributed by atoms with Crippen molar-refractivity contribution in [2.75, 3.05) is 13.2 Å². The second-order valence-corrected chi connectivity index (χ2v) is 9.03. The van der Waals surface area contributed by atoms with E-state index in [1.807, 2.05) is 38.1 Å². The smallest absolute Gasteiger partial charge is 0.407 e. The first kappa shape index (κ1) is 24.3. The molecule has 2 aromatic rings. The molecule has 0 aromatic heterocycles. The van der Waals surface area contributed by atoms with Gasteiger partial charge in [-0.05, 0) is 42.0 Å². The molecule has 0 radical (unpaired) electrons. The molecule has 2 amide bonds. The lowest BCUT2D eigenvalue weighted by molar-refractivity contribution is -0.146. The van der Waals surface area contributed by atoms with Crippen LogP contribution in [0.4, 0.5) is 4.79 Å². The normalized spacial score (nSPS) is 13.4. The number of hydrogen-bond donors (Lipinski definition) is 2. The molecule has 0 spiro atoms. The molecule has 0 heterocycles. The minimum Gasteiger partial charge on any atom is -0.480 e. The van der Waals surface area contributed by atoms with Gasteiger partial charge in [0.1, 0.15) is 13.2 Å². The van der Waals surface area contributed by atoms with Gasteiger partial charge in [-0.2, -0.15) is 0 Å². The summed E-state index contributed by atoms with van der Waals surface area (Å²) >= 11 is 0. The first-order valence-corrected chi connectivity index (χ1v) is 11.3. The van der Waals surface area contributed by atoms with Gasteiger partial charge in [0.2, 0.25) is 5.91 Å². The van der Waals surface area contributed by atoms with Gasteiger partial charge in [-0.25, -0.2) is 4.79 Å². The van der Waals surface area contributed by atoms with Gasteiger partial charge >= 0.3 is 12.1 Å². The molecule has 33 heavy (non-hydrogen) atoms. The number of carboxylic acid groups (broad SMARTS) is 1. The molecule has 176 valence electrons. The van der Waals surface area contributed by atoms with Crippen molar-refractivity contribution in [2.45, 2.75) is 52.1 Å². The van der Waals surface area contributed by atoms with Gasteiger partial charge < -0.3 is 20.1 Å². The summed E-state index contributed by atoms with van der Waals surface area (Å²) in [5, 5.41) is 11.9. The predicted octanol–water partition coefficient (Wildman–Crippen LogP) is 4.26. The fourth-order valence-electron chi connectivity index (χ4n) is 4.25. The van der Waals surface area contributed by atoms with Crippen LogP contribution in [0.1, 0.15) is 51.2 Å². The SMILES string of the molecule is CC(C)C(CC(=O)N(CC(=O)O)C(C)C)NC(=O)OCC1c2ccccc2-c2ccccc21. The number of aliphatic carboxylic acids is 1. The average molecular weight is 453 g/mol. The van der Waals surface area contributed by atoms with E-state index in [1.54, 1.807) is 13.8 Å². The van der Waals surface area contributed by atoms with Gasteiger partial charge in [0, 0.05) is 24.4 Å². The molecular formula is C26H32N2O5. The average Bonchev–Trinajstić information content (AvgIpc) is 3.09. The van der Waals surface area contributed by atoms with Crippen LogP contribution >= 0.6 is 0 Å². The topological polar surface area (TPSA) is 95.9 Å². The number of nitrogens with one attached hydrogen (secondary N) is 1. The summed E-state index contributed by atoms with van der Waals surface area (Å²) in [4.78, 5) is 37.8. The van der Waals surface area contributed by atoms with E-state index in [9.17, 15) is 14.4 Å². The standard InChI is InChI=1S/C26H32N2O5/c1-16(2)23(13-24(29)28(17(3)4)14-25(30)31)27-26(32)33-15-22-20-11-7-5-9-18(20)19-10-6-8-12-21(19)22/h5-12,16-17,22-23H,13-15H2,1-4H3,(H,27,32)(H,30,31). The third-order valence-corrected chi connectivity index (χ3v) is 6.10. The summed E-state index contributed by atoms with van der Waals surface area (Å²) in [6.45, 7) is 7.16. The van der Waals surface area contributed by atoms with E-state index in [0.717, 1.165) is 22.3 Å². The number of amides is 2. The van der Waals surface area contributed by atoms with Crippen LogP contribution in [-0.4, -0.2) is 53.2 Å². The molecule has 0 saturated heterocycles. The zero-order valence-corrected chi connectivity index (χ0v) is 19.6. The molecule has 0 fully saturated rings. The molecule has 0 bridgehead atoms. The van der Waals surface area contributed by atoms with Crippen LogP contribution in [0.2, 0.25) is 0 Å². The molecule has 1 aliphatic rings. The molecule has 7 heteroatoms. The van der Waals surface area contributed by atoms with E-state index in [2.05, 4.69) is 29.6 Å². The lowest BCUT2D eigenvalue weighted by atomic mass is 9.98. The Morgan fingerprint density at radius 3 is 2.00 bits per heavy atom. The van der Waals surface area contributed by atoms with Crippen molar-refractivity contribution in [2.24, 2.45) is 5.92 Å². The third kappa shape index (κ3) is 5.72. The molecule has 3 rings (SSSR count). The number of benzene rings is 2. The van der Waals surface area contributed by atoms with Crippen molar-refractivity contribution in [1.29, 1.82) is 0 Å². The van der Waals surface area contributed by atoms with Crippen molar-refractivity contribution in [3.63, 3.8) is 0 Å². The highest BCUT2D eigenvalue weighted by Crippen LogP contribution is 2.44. The largest absolute Gasteiger partial charge is 0.480 e. The molecule has 1 aliphatic carbocycles. The van der Waals surface area contributed by atoms with Gasteiger partial charge in [-0.1, -0.05) is 62.4 Å². The van der Waals surface area contributed by atoms with Crippen LogP contribution in [0.15, 0.2) is 48.5 Å². The molecule has 0 saturated carbocycles. The number of carbonyl (C=O) groups is 3. The number of carboxylic acids is 1.